The Morgan fingerprint density at radius 2 is 2.11 bits per heavy atom. The molecule has 28 heavy (non-hydrogen) atoms. The number of ether oxygens (including phenoxy) is 2. The molecule has 0 aliphatic carbocycles. The van der Waals surface area contributed by atoms with Crippen molar-refractivity contribution in [3.05, 3.63) is 59.1 Å². The number of nitrogens with one attached hydrogen (secondary N) is 1. The van der Waals surface area contributed by atoms with Crippen molar-refractivity contribution >= 4 is 34.8 Å². The first-order valence-corrected chi connectivity index (χ1v) is 9.74. The number of anilines is 1. The second kappa shape index (κ2) is 8.45. The summed E-state index contributed by atoms with van der Waals surface area (Å²) in [5.41, 5.74) is 0.829. The van der Waals surface area contributed by atoms with Gasteiger partial charge in [-0.3, -0.25) is 14.9 Å². The van der Waals surface area contributed by atoms with E-state index in [0.717, 1.165) is 42.0 Å². The molecule has 0 radical (unpaired) electrons. The first-order valence-electron chi connectivity index (χ1n) is 8.93. The van der Waals surface area contributed by atoms with Gasteiger partial charge in [-0.2, -0.15) is 0 Å². The van der Waals surface area contributed by atoms with E-state index in [0.29, 0.717) is 18.1 Å². The fraction of sp³-hybridized carbons (Fsp3) is 0.250. The number of morpholine rings is 1. The molecule has 0 bridgehead atoms. The summed E-state index contributed by atoms with van der Waals surface area (Å²) in [5.74, 6) is 1.31. The molecule has 2 aliphatic heterocycles. The Morgan fingerprint density at radius 3 is 2.82 bits per heavy atom. The number of hydrogen-bond acceptors (Lipinski definition) is 7. The van der Waals surface area contributed by atoms with Gasteiger partial charge in [-0.05, 0) is 47.7 Å². The largest absolute Gasteiger partial charge is 0.491 e. The molecule has 3 heterocycles. The highest BCUT2D eigenvalue weighted by Gasteiger charge is 2.25. The average Bonchev–Trinajstić information content (AvgIpc) is 3.05. The summed E-state index contributed by atoms with van der Waals surface area (Å²) in [6.07, 6.45) is 3.43. The van der Waals surface area contributed by atoms with E-state index in [2.05, 4.69) is 15.2 Å². The molecule has 0 spiro atoms. The van der Waals surface area contributed by atoms with Gasteiger partial charge >= 0.3 is 0 Å². The number of rotatable bonds is 5. The number of thioether (sulfide) groups is 1. The lowest BCUT2D eigenvalue weighted by atomic mass is 10.2. The molecule has 1 N–H and O–H groups in total. The normalized spacial score (nSPS) is 21.1. The van der Waals surface area contributed by atoms with Crippen LogP contribution in [0.3, 0.4) is 0 Å². The smallest absolute Gasteiger partial charge is 0.290 e. The van der Waals surface area contributed by atoms with Crippen LogP contribution >= 0.6 is 11.8 Å². The van der Waals surface area contributed by atoms with Gasteiger partial charge in [0.1, 0.15) is 24.3 Å². The van der Waals surface area contributed by atoms with E-state index in [-0.39, 0.29) is 17.3 Å². The minimum Gasteiger partial charge on any atom is -0.491 e. The number of hydrogen-bond donors (Lipinski definition) is 1. The predicted molar refractivity (Wildman–Crippen MR) is 107 cm³/mol. The van der Waals surface area contributed by atoms with E-state index < -0.39 is 0 Å². The Kier molecular flexibility index (Phi) is 5.59. The average molecular weight is 397 g/mol. The van der Waals surface area contributed by atoms with Gasteiger partial charge < -0.3 is 14.4 Å². The Labute approximate surface area is 166 Å². The van der Waals surface area contributed by atoms with Gasteiger partial charge in [-0.25, -0.2) is 4.98 Å². The maximum absolute atomic E-state index is 11.6. The fourth-order valence-electron chi connectivity index (χ4n) is 2.99. The number of carbonyl (C=O) groups is 2. The second-order valence-corrected chi connectivity index (χ2v) is 7.37. The highest BCUT2D eigenvalue weighted by atomic mass is 32.2. The number of imide groups is 1. The summed E-state index contributed by atoms with van der Waals surface area (Å²) in [4.78, 5) is 29.8. The van der Waals surface area contributed by atoms with Crippen LogP contribution < -0.4 is 15.0 Å². The quantitative estimate of drug-likeness (QED) is 0.777. The van der Waals surface area contributed by atoms with Gasteiger partial charge in [0.15, 0.2) is 0 Å². The van der Waals surface area contributed by atoms with Crippen molar-refractivity contribution in [1.82, 2.24) is 10.3 Å². The van der Waals surface area contributed by atoms with Crippen LogP contribution in [0.4, 0.5) is 10.6 Å². The second-order valence-electron chi connectivity index (χ2n) is 6.36. The molecule has 7 nitrogen and oxygen atoms in total. The van der Waals surface area contributed by atoms with E-state index >= 15 is 0 Å². The molecule has 0 saturated carbocycles. The van der Waals surface area contributed by atoms with Gasteiger partial charge in [-0.15, -0.1) is 0 Å². The number of amides is 2. The van der Waals surface area contributed by atoms with Crippen molar-refractivity contribution < 1.29 is 19.1 Å². The lowest BCUT2D eigenvalue weighted by molar-refractivity contribution is -0.115. The molecule has 1 atom stereocenters. The molecule has 2 aliphatic rings. The third-order valence-electron chi connectivity index (χ3n) is 4.37. The summed E-state index contributed by atoms with van der Waals surface area (Å²) in [5, 5.41) is 1.90. The Bertz CT molecular complexity index is 886. The lowest BCUT2D eigenvalue weighted by Crippen LogP contribution is -2.45. The molecule has 4 rings (SSSR count). The van der Waals surface area contributed by atoms with Crippen molar-refractivity contribution in [3.8, 4) is 5.75 Å². The summed E-state index contributed by atoms with van der Waals surface area (Å²) in [7, 11) is 0. The first-order chi connectivity index (χ1) is 13.7. The van der Waals surface area contributed by atoms with E-state index in [9.17, 15) is 9.59 Å². The highest BCUT2D eigenvalue weighted by molar-refractivity contribution is 8.18. The molecule has 2 amide bonds. The van der Waals surface area contributed by atoms with Crippen LogP contribution in [-0.4, -0.2) is 48.5 Å². The Balaban J connectivity index is 1.32. The van der Waals surface area contributed by atoms with Crippen LogP contribution in [0.1, 0.15) is 5.56 Å². The van der Waals surface area contributed by atoms with Crippen LogP contribution in [0.25, 0.3) is 6.08 Å². The van der Waals surface area contributed by atoms with Gasteiger partial charge in [0, 0.05) is 19.3 Å². The lowest BCUT2D eigenvalue weighted by Gasteiger charge is -2.33. The highest BCUT2D eigenvalue weighted by Crippen LogP contribution is 2.26. The van der Waals surface area contributed by atoms with Crippen molar-refractivity contribution in [1.29, 1.82) is 0 Å². The number of pyridine rings is 1. The number of carbonyl (C=O) groups excluding carboxylic acids is 2. The standard InChI is InChI=1S/C20H19N3O4S/c24-19-17(28-20(25)22-19)11-14-4-6-15(7-5-14)27-13-16-12-23(9-10-26-16)18-3-1-2-8-21-18/h1-8,11,16H,9-10,12-13H2,(H,22,24,25)/b17-11-. The Hall–Kier alpha value is -2.84. The molecule has 1 aromatic carbocycles. The summed E-state index contributed by atoms with van der Waals surface area (Å²) in [6.45, 7) is 2.61. The van der Waals surface area contributed by atoms with E-state index in [1.165, 1.54) is 0 Å². The van der Waals surface area contributed by atoms with Crippen LogP contribution in [0.5, 0.6) is 5.75 Å². The molecular weight excluding hydrogens is 378 g/mol. The van der Waals surface area contributed by atoms with Crippen LogP contribution in [0, 0.1) is 0 Å². The number of aromatic nitrogens is 1. The van der Waals surface area contributed by atoms with Crippen molar-refractivity contribution in [2.75, 3.05) is 31.2 Å². The fourth-order valence-corrected chi connectivity index (χ4v) is 3.67. The van der Waals surface area contributed by atoms with Crippen LogP contribution in [0.15, 0.2) is 53.6 Å². The zero-order chi connectivity index (χ0) is 19.3. The summed E-state index contributed by atoms with van der Waals surface area (Å²) >= 11 is 0.904. The molecule has 8 heteroatoms. The monoisotopic (exact) mass is 397 g/mol. The van der Waals surface area contributed by atoms with Gasteiger partial charge in [0.2, 0.25) is 0 Å². The topological polar surface area (TPSA) is 80.8 Å². The van der Waals surface area contributed by atoms with E-state index in [1.54, 1.807) is 12.3 Å². The predicted octanol–water partition coefficient (Wildman–Crippen LogP) is 2.69. The van der Waals surface area contributed by atoms with E-state index in [1.807, 2.05) is 42.5 Å². The van der Waals surface area contributed by atoms with Gasteiger partial charge in [-0.1, -0.05) is 18.2 Å². The molecule has 144 valence electrons. The van der Waals surface area contributed by atoms with E-state index in [4.69, 9.17) is 9.47 Å². The van der Waals surface area contributed by atoms with Crippen LogP contribution in [0.2, 0.25) is 0 Å². The maximum Gasteiger partial charge on any atom is 0.290 e. The number of benzene rings is 1. The Morgan fingerprint density at radius 1 is 1.25 bits per heavy atom. The molecule has 2 aromatic rings. The SMILES string of the molecule is O=C1NC(=O)/C(=C/c2ccc(OCC3CN(c4ccccn4)CCO3)cc2)S1. The molecule has 1 unspecified atom stereocenters. The van der Waals surface area contributed by atoms with Crippen molar-refractivity contribution in [3.63, 3.8) is 0 Å². The first kappa shape index (κ1) is 18.5. The minimum absolute atomic E-state index is 0.0397. The summed E-state index contributed by atoms with van der Waals surface area (Å²) < 4.78 is 11.7. The third kappa shape index (κ3) is 4.52. The van der Waals surface area contributed by atoms with Gasteiger partial charge in [0.05, 0.1) is 11.5 Å². The summed E-state index contributed by atoms with van der Waals surface area (Å²) in [6, 6.07) is 13.2. The zero-order valence-corrected chi connectivity index (χ0v) is 15.9. The van der Waals surface area contributed by atoms with Crippen molar-refractivity contribution in [2.45, 2.75) is 6.10 Å². The minimum atomic E-state index is -0.359. The van der Waals surface area contributed by atoms with Crippen molar-refractivity contribution in [2.24, 2.45) is 0 Å². The maximum atomic E-state index is 11.6. The zero-order valence-electron chi connectivity index (χ0n) is 15.0. The molecule has 1 aromatic heterocycles. The molecule has 2 fully saturated rings. The number of nitrogens with zero attached hydrogens (tertiary/aromatic N) is 2. The third-order valence-corrected chi connectivity index (χ3v) is 5.18. The molecule has 2 saturated heterocycles. The molecular formula is C20H19N3O4S. The van der Waals surface area contributed by atoms with Gasteiger partial charge in [0.25, 0.3) is 11.1 Å². The van der Waals surface area contributed by atoms with Crippen LogP contribution in [-0.2, 0) is 9.53 Å².